The summed E-state index contributed by atoms with van der Waals surface area (Å²) in [6, 6.07) is 16.9. The van der Waals surface area contributed by atoms with Gasteiger partial charge in [0.1, 0.15) is 5.01 Å². The van der Waals surface area contributed by atoms with Crippen molar-refractivity contribution in [2.45, 2.75) is 16.7 Å². The number of aromatic nitrogens is 1. The Balaban J connectivity index is 1.47. The van der Waals surface area contributed by atoms with Crippen LogP contribution in [0.15, 0.2) is 59.5 Å². The molecule has 0 radical (unpaired) electrons. The van der Waals surface area contributed by atoms with E-state index in [1.807, 2.05) is 17.8 Å². The Bertz CT molecular complexity index is 805. The van der Waals surface area contributed by atoms with E-state index in [2.05, 4.69) is 71.5 Å². The summed E-state index contributed by atoms with van der Waals surface area (Å²) in [4.78, 5) is 8.39. The summed E-state index contributed by atoms with van der Waals surface area (Å²) in [5, 5.41) is 1.56. The van der Waals surface area contributed by atoms with Crippen LogP contribution in [0, 0.1) is 0 Å². The van der Waals surface area contributed by atoms with Crippen molar-refractivity contribution in [1.82, 2.24) is 4.98 Å². The van der Waals surface area contributed by atoms with E-state index in [0.29, 0.717) is 5.37 Å². The van der Waals surface area contributed by atoms with Crippen molar-refractivity contribution < 1.29 is 0 Å². The Hall–Kier alpha value is -1.78. The van der Waals surface area contributed by atoms with E-state index in [-0.39, 0.29) is 0 Å². The number of anilines is 1. The Labute approximate surface area is 138 Å². The number of hydrogen-bond donors (Lipinski definition) is 0. The van der Waals surface area contributed by atoms with Gasteiger partial charge in [-0.25, -0.2) is 4.98 Å². The largest absolute Gasteiger partial charge is 0.361 e. The smallest absolute Gasteiger partial charge is 0.117 e. The maximum atomic E-state index is 4.65. The minimum Gasteiger partial charge on any atom is -0.361 e. The second kappa shape index (κ2) is 5.78. The Morgan fingerprint density at radius 1 is 1.14 bits per heavy atom. The van der Waals surface area contributed by atoms with E-state index in [4.69, 9.17) is 0 Å². The summed E-state index contributed by atoms with van der Waals surface area (Å²) >= 11 is 3.69. The second-order valence-corrected chi connectivity index (χ2v) is 7.59. The molecular formula is C18H16N2S2. The normalized spacial score (nSPS) is 17.5. The molecule has 4 rings (SSSR count). The molecule has 0 bridgehead atoms. The maximum absolute atomic E-state index is 4.65. The summed E-state index contributed by atoms with van der Waals surface area (Å²) in [6.45, 7) is 0. The van der Waals surface area contributed by atoms with Crippen molar-refractivity contribution in [3.05, 3.63) is 59.6 Å². The fourth-order valence-electron chi connectivity index (χ4n) is 2.68. The Kier molecular flexibility index (Phi) is 3.64. The monoisotopic (exact) mass is 324 g/mol. The molecule has 2 heterocycles. The lowest BCUT2D eigenvalue weighted by atomic mass is 10.3. The number of thioether (sulfide) groups is 1. The molecule has 0 spiro atoms. The highest BCUT2D eigenvalue weighted by molar-refractivity contribution is 8.00. The van der Waals surface area contributed by atoms with Gasteiger partial charge in [-0.1, -0.05) is 42.1 Å². The zero-order valence-electron chi connectivity index (χ0n) is 12.3. The van der Waals surface area contributed by atoms with Gasteiger partial charge in [0.05, 0.1) is 21.3 Å². The van der Waals surface area contributed by atoms with Crippen molar-refractivity contribution in [2.75, 3.05) is 11.9 Å². The molecule has 1 aliphatic rings. The first-order valence-electron chi connectivity index (χ1n) is 7.32. The topological polar surface area (TPSA) is 16.1 Å². The van der Waals surface area contributed by atoms with Gasteiger partial charge >= 0.3 is 0 Å². The fraction of sp³-hybridized carbons (Fsp3) is 0.167. The van der Waals surface area contributed by atoms with Crippen LogP contribution in [0.25, 0.3) is 16.3 Å². The third-order valence-electron chi connectivity index (χ3n) is 3.85. The van der Waals surface area contributed by atoms with Gasteiger partial charge in [0, 0.05) is 11.9 Å². The molecule has 110 valence electrons. The fourth-order valence-corrected chi connectivity index (χ4v) is 4.84. The number of thiazole rings is 1. The molecule has 22 heavy (non-hydrogen) atoms. The zero-order chi connectivity index (χ0) is 14.9. The molecule has 2 nitrogen and oxygen atoms in total. The first-order chi connectivity index (χ1) is 10.8. The molecule has 1 unspecified atom stereocenters. The SMILES string of the molecule is CN1c2ccccc2SC1CC=Cc1nc2ccccc2s1. The van der Waals surface area contributed by atoms with Gasteiger partial charge in [0.25, 0.3) is 0 Å². The van der Waals surface area contributed by atoms with Crippen LogP contribution >= 0.6 is 23.1 Å². The van der Waals surface area contributed by atoms with Crippen LogP contribution in [-0.2, 0) is 0 Å². The molecule has 1 aromatic heterocycles. The molecule has 0 saturated heterocycles. The molecule has 0 aliphatic carbocycles. The lowest BCUT2D eigenvalue weighted by molar-refractivity contribution is 0.855. The summed E-state index contributed by atoms with van der Waals surface area (Å²) in [5.41, 5.74) is 2.43. The maximum Gasteiger partial charge on any atom is 0.117 e. The zero-order valence-corrected chi connectivity index (χ0v) is 13.9. The highest BCUT2D eigenvalue weighted by Gasteiger charge is 2.25. The third kappa shape index (κ3) is 2.53. The predicted octanol–water partition coefficient (Wildman–Crippen LogP) is 5.27. The van der Waals surface area contributed by atoms with Crippen LogP contribution in [0.5, 0.6) is 0 Å². The molecule has 3 aromatic rings. The summed E-state index contributed by atoms with van der Waals surface area (Å²) in [5.74, 6) is 0. The first kappa shape index (κ1) is 13.9. The summed E-state index contributed by atoms with van der Waals surface area (Å²) in [6.07, 6.45) is 5.42. The lowest BCUT2D eigenvalue weighted by Gasteiger charge is -2.19. The molecule has 1 atom stereocenters. The van der Waals surface area contributed by atoms with Gasteiger partial charge in [-0.15, -0.1) is 11.3 Å². The van der Waals surface area contributed by atoms with Crippen LogP contribution in [0.2, 0.25) is 0 Å². The molecule has 4 heteroatoms. The van der Waals surface area contributed by atoms with E-state index in [9.17, 15) is 0 Å². The lowest BCUT2D eigenvalue weighted by Crippen LogP contribution is -2.23. The van der Waals surface area contributed by atoms with Gasteiger partial charge in [-0.2, -0.15) is 0 Å². The third-order valence-corrected chi connectivity index (χ3v) is 6.23. The molecule has 0 amide bonds. The van der Waals surface area contributed by atoms with Gasteiger partial charge in [0.15, 0.2) is 0 Å². The van der Waals surface area contributed by atoms with Crippen LogP contribution < -0.4 is 4.90 Å². The van der Waals surface area contributed by atoms with Gasteiger partial charge < -0.3 is 4.90 Å². The Morgan fingerprint density at radius 2 is 1.95 bits per heavy atom. The van der Waals surface area contributed by atoms with Crippen molar-refractivity contribution in [3.8, 4) is 0 Å². The van der Waals surface area contributed by atoms with Crippen LogP contribution in [0.1, 0.15) is 11.4 Å². The van der Waals surface area contributed by atoms with Gasteiger partial charge in [0.2, 0.25) is 0 Å². The summed E-state index contributed by atoms with van der Waals surface area (Å²) in [7, 11) is 2.18. The minimum atomic E-state index is 0.475. The van der Waals surface area contributed by atoms with Crippen molar-refractivity contribution in [2.24, 2.45) is 0 Å². The molecule has 1 aliphatic heterocycles. The van der Waals surface area contributed by atoms with Gasteiger partial charge in [-0.05, 0) is 36.8 Å². The number of rotatable bonds is 3. The van der Waals surface area contributed by atoms with Crippen molar-refractivity contribution in [1.29, 1.82) is 0 Å². The van der Waals surface area contributed by atoms with Crippen molar-refractivity contribution >= 4 is 45.1 Å². The number of nitrogens with zero attached hydrogens (tertiary/aromatic N) is 2. The number of benzene rings is 2. The average molecular weight is 324 g/mol. The van der Waals surface area contributed by atoms with E-state index < -0.39 is 0 Å². The molecule has 0 N–H and O–H groups in total. The van der Waals surface area contributed by atoms with E-state index in [1.54, 1.807) is 11.3 Å². The van der Waals surface area contributed by atoms with Crippen LogP contribution in [0.3, 0.4) is 0 Å². The number of fused-ring (bicyclic) bond motifs is 2. The van der Waals surface area contributed by atoms with Gasteiger partial charge in [-0.3, -0.25) is 0 Å². The van der Waals surface area contributed by atoms with E-state index >= 15 is 0 Å². The van der Waals surface area contributed by atoms with E-state index in [1.165, 1.54) is 15.3 Å². The van der Waals surface area contributed by atoms with Crippen molar-refractivity contribution in [3.63, 3.8) is 0 Å². The first-order valence-corrected chi connectivity index (χ1v) is 9.01. The molecule has 2 aromatic carbocycles. The van der Waals surface area contributed by atoms with Crippen LogP contribution in [0.4, 0.5) is 5.69 Å². The highest BCUT2D eigenvalue weighted by Crippen LogP contribution is 2.43. The Morgan fingerprint density at radius 3 is 2.82 bits per heavy atom. The molecular weight excluding hydrogens is 308 g/mol. The summed E-state index contributed by atoms with van der Waals surface area (Å²) < 4.78 is 1.25. The minimum absolute atomic E-state index is 0.475. The highest BCUT2D eigenvalue weighted by atomic mass is 32.2. The molecule has 0 saturated carbocycles. The van der Waals surface area contributed by atoms with Crippen LogP contribution in [-0.4, -0.2) is 17.4 Å². The number of para-hydroxylation sites is 2. The van der Waals surface area contributed by atoms with E-state index in [0.717, 1.165) is 16.9 Å². The second-order valence-electron chi connectivity index (χ2n) is 5.31. The average Bonchev–Trinajstić information content (AvgIpc) is 3.09. The molecule has 0 fully saturated rings. The predicted molar refractivity (Wildman–Crippen MR) is 97.8 cm³/mol. The quantitative estimate of drug-likeness (QED) is 0.653. The number of hydrogen-bond acceptors (Lipinski definition) is 4. The standard InChI is InChI=1S/C18H16N2S2/c1-20-14-8-3-5-10-16(14)22-18(20)12-6-11-17-19-13-7-2-4-9-15(13)21-17/h2-11,18H,12H2,1H3.